The van der Waals surface area contributed by atoms with Crippen LogP contribution in [0.1, 0.15) is 17.2 Å². The van der Waals surface area contributed by atoms with Gasteiger partial charge >= 0.3 is 5.97 Å². The highest BCUT2D eigenvalue weighted by Gasteiger charge is 2.18. The third-order valence-electron chi connectivity index (χ3n) is 3.51. The summed E-state index contributed by atoms with van der Waals surface area (Å²) < 4.78 is 14.7. The zero-order valence-electron chi connectivity index (χ0n) is 14.2. The van der Waals surface area contributed by atoms with Gasteiger partial charge in [-0.15, -0.1) is 0 Å². The Hall–Kier alpha value is -2.86. The summed E-state index contributed by atoms with van der Waals surface area (Å²) in [7, 11) is 2.98. The fraction of sp³-hybridized carbons (Fsp3) is 0.263. The van der Waals surface area contributed by atoms with Gasteiger partial charge in [0.15, 0.2) is 6.61 Å². The molecular formula is C19H21NO5. The van der Waals surface area contributed by atoms with Crippen molar-refractivity contribution in [3.8, 4) is 5.75 Å². The van der Waals surface area contributed by atoms with E-state index in [0.29, 0.717) is 0 Å². The van der Waals surface area contributed by atoms with Gasteiger partial charge in [-0.05, 0) is 23.3 Å². The highest BCUT2D eigenvalue weighted by atomic mass is 16.6. The van der Waals surface area contributed by atoms with E-state index < -0.39 is 11.9 Å². The van der Waals surface area contributed by atoms with Gasteiger partial charge < -0.3 is 19.5 Å². The minimum Gasteiger partial charge on any atom is -0.497 e. The smallest absolute Gasteiger partial charge is 0.332 e. The zero-order chi connectivity index (χ0) is 18.1. The standard InChI is InChI=1S/C19H21NO5/c1-23-13-18(22)25-12-17(21)20-19(14-6-4-3-5-7-14)15-8-10-16(24-2)11-9-15/h3-11,19H,12-13H2,1-2H3,(H,20,21)/t19-/m0/s1. The molecule has 0 aliphatic carbocycles. The summed E-state index contributed by atoms with van der Waals surface area (Å²) in [5.74, 6) is -0.247. The zero-order valence-corrected chi connectivity index (χ0v) is 14.2. The number of rotatable bonds is 8. The lowest BCUT2D eigenvalue weighted by atomic mass is 9.98. The Kier molecular flexibility index (Phi) is 6.98. The van der Waals surface area contributed by atoms with E-state index in [1.54, 1.807) is 7.11 Å². The molecule has 0 fully saturated rings. The van der Waals surface area contributed by atoms with Crippen molar-refractivity contribution in [3.63, 3.8) is 0 Å². The molecule has 25 heavy (non-hydrogen) atoms. The molecule has 1 atom stereocenters. The Balaban J connectivity index is 2.12. The fourth-order valence-corrected chi connectivity index (χ4v) is 2.31. The molecular weight excluding hydrogens is 322 g/mol. The van der Waals surface area contributed by atoms with Gasteiger partial charge in [-0.25, -0.2) is 4.79 Å². The quantitative estimate of drug-likeness (QED) is 0.743. The van der Waals surface area contributed by atoms with Crippen molar-refractivity contribution in [2.45, 2.75) is 6.04 Å². The minimum atomic E-state index is -0.585. The third-order valence-corrected chi connectivity index (χ3v) is 3.51. The van der Waals surface area contributed by atoms with Gasteiger partial charge in [0, 0.05) is 7.11 Å². The average molecular weight is 343 g/mol. The Labute approximate surface area is 146 Å². The van der Waals surface area contributed by atoms with Gasteiger partial charge in [0.1, 0.15) is 12.4 Å². The van der Waals surface area contributed by atoms with Crippen LogP contribution in [-0.2, 0) is 19.1 Å². The third kappa shape index (κ3) is 5.61. The molecule has 0 unspecified atom stereocenters. The maximum atomic E-state index is 12.2. The number of carbonyl (C=O) groups excluding carboxylic acids is 2. The van der Waals surface area contributed by atoms with Crippen molar-refractivity contribution in [1.82, 2.24) is 5.32 Å². The van der Waals surface area contributed by atoms with Crippen LogP contribution in [0, 0.1) is 0 Å². The van der Waals surface area contributed by atoms with Crippen LogP contribution in [0.15, 0.2) is 54.6 Å². The van der Waals surface area contributed by atoms with E-state index in [2.05, 4.69) is 10.1 Å². The molecule has 6 nitrogen and oxygen atoms in total. The fourth-order valence-electron chi connectivity index (χ4n) is 2.31. The number of ether oxygens (including phenoxy) is 3. The lowest BCUT2D eigenvalue weighted by Crippen LogP contribution is -2.33. The Morgan fingerprint density at radius 1 is 0.920 bits per heavy atom. The molecule has 2 aromatic rings. The van der Waals surface area contributed by atoms with E-state index in [1.165, 1.54) is 7.11 Å². The average Bonchev–Trinajstić information content (AvgIpc) is 2.65. The summed E-state index contributed by atoms with van der Waals surface area (Å²) in [5.41, 5.74) is 1.81. The molecule has 1 N–H and O–H groups in total. The van der Waals surface area contributed by atoms with Crippen molar-refractivity contribution in [2.75, 3.05) is 27.4 Å². The number of methoxy groups -OCH3 is 2. The summed E-state index contributed by atoms with van der Waals surface area (Å²) in [6.07, 6.45) is 0. The van der Waals surface area contributed by atoms with Crippen LogP contribution in [0.2, 0.25) is 0 Å². The molecule has 0 radical (unpaired) electrons. The van der Waals surface area contributed by atoms with Gasteiger partial charge in [0.25, 0.3) is 5.91 Å². The van der Waals surface area contributed by atoms with Crippen LogP contribution >= 0.6 is 0 Å². The first-order chi connectivity index (χ1) is 12.1. The van der Waals surface area contributed by atoms with Gasteiger partial charge in [-0.2, -0.15) is 0 Å². The second kappa shape index (κ2) is 9.44. The first-order valence-corrected chi connectivity index (χ1v) is 7.77. The summed E-state index contributed by atoms with van der Waals surface area (Å²) in [6, 6.07) is 16.6. The van der Waals surface area contributed by atoms with Gasteiger partial charge in [-0.3, -0.25) is 4.79 Å². The number of benzene rings is 2. The highest BCUT2D eigenvalue weighted by Crippen LogP contribution is 2.24. The summed E-state index contributed by atoms with van der Waals surface area (Å²) in [5, 5.41) is 2.89. The number of carbonyl (C=O) groups is 2. The van der Waals surface area contributed by atoms with E-state index in [4.69, 9.17) is 9.47 Å². The molecule has 0 bridgehead atoms. The monoisotopic (exact) mass is 343 g/mol. The van der Waals surface area contributed by atoms with E-state index in [-0.39, 0.29) is 19.3 Å². The first kappa shape index (κ1) is 18.5. The van der Waals surface area contributed by atoms with Crippen LogP contribution < -0.4 is 10.1 Å². The predicted octanol–water partition coefficient (Wildman–Crippen LogP) is 2.09. The molecule has 0 saturated heterocycles. The molecule has 0 heterocycles. The summed E-state index contributed by atoms with van der Waals surface area (Å²) >= 11 is 0. The second-order valence-electron chi connectivity index (χ2n) is 5.28. The molecule has 132 valence electrons. The van der Waals surface area contributed by atoms with Crippen molar-refractivity contribution in [2.24, 2.45) is 0 Å². The molecule has 1 amide bonds. The maximum Gasteiger partial charge on any atom is 0.332 e. The molecule has 0 aliphatic rings. The number of hydrogen-bond donors (Lipinski definition) is 1. The Morgan fingerprint density at radius 2 is 1.56 bits per heavy atom. The van der Waals surface area contributed by atoms with Gasteiger partial charge in [-0.1, -0.05) is 42.5 Å². The molecule has 6 heteroatoms. The lowest BCUT2D eigenvalue weighted by Gasteiger charge is -2.20. The second-order valence-corrected chi connectivity index (χ2v) is 5.28. The number of amides is 1. The topological polar surface area (TPSA) is 73.9 Å². The molecule has 0 spiro atoms. The summed E-state index contributed by atoms with van der Waals surface area (Å²) in [6.45, 7) is -0.546. The van der Waals surface area contributed by atoms with E-state index in [9.17, 15) is 9.59 Å². The van der Waals surface area contributed by atoms with Crippen molar-refractivity contribution in [1.29, 1.82) is 0 Å². The summed E-state index contributed by atoms with van der Waals surface area (Å²) in [4.78, 5) is 23.5. The van der Waals surface area contributed by atoms with E-state index in [1.807, 2.05) is 54.6 Å². The Morgan fingerprint density at radius 3 is 2.16 bits per heavy atom. The predicted molar refractivity (Wildman–Crippen MR) is 92.3 cm³/mol. The lowest BCUT2D eigenvalue weighted by molar-refractivity contribution is -0.152. The van der Waals surface area contributed by atoms with Gasteiger partial charge in [0.05, 0.1) is 13.2 Å². The maximum absolute atomic E-state index is 12.2. The van der Waals surface area contributed by atoms with Crippen LogP contribution in [0.3, 0.4) is 0 Å². The van der Waals surface area contributed by atoms with Crippen molar-refractivity contribution >= 4 is 11.9 Å². The first-order valence-electron chi connectivity index (χ1n) is 7.77. The molecule has 0 saturated carbocycles. The van der Waals surface area contributed by atoms with E-state index >= 15 is 0 Å². The normalized spacial score (nSPS) is 11.4. The molecule has 0 aromatic heterocycles. The Bertz CT molecular complexity index is 685. The van der Waals surface area contributed by atoms with Crippen LogP contribution in [0.4, 0.5) is 0 Å². The van der Waals surface area contributed by atoms with E-state index in [0.717, 1.165) is 16.9 Å². The molecule has 2 aromatic carbocycles. The number of nitrogens with one attached hydrogen (secondary N) is 1. The SMILES string of the molecule is COCC(=O)OCC(=O)N[C@@H](c1ccccc1)c1ccc(OC)cc1. The van der Waals surface area contributed by atoms with Crippen LogP contribution in [0.5, 0.6) is 5.75 Å². The molecule has 2 rings (SSSR count). The van der Waals surface area contributed by atoms with Gasteiger partial charge in [0.2, 0.25) is 0 Å². The number of esters is 1. The van der Waals surface area contributed by atoms with Crippen molar-refractivity contribution < 1.29 is 23.8 Å². The largest absolute Gasteiger partial charge is 0.497 e. The van der Waals surface area contributed by atoms with Crippen LogP contribution in [-0.4, -0.2) is 39.3 Å². The number of hydrogen-bond acceptors (Lipinski definition) is 5. The van der Waals surface area contributed by atoms with Crippen LogP contribution in [0.25, 0.3) is 0 Å². The highest BCUT2D eigenvalue weighted by molar-refractivity contribution is 5.81. The minimum absolute atomic E-state index is 0.187. The molecule has 0 aliphatic heterocycles. The van der Waals surface area contributed by atoms with Crippen molar-refractivity contribution in [3.05, 3.63) is 65.7 Å².